The van der Waals surface area contributed by atoms with Crippen molar-refractivity contribution in [1.29, 1.82) is 0 Å². The topological polar surface area (TPSA) is 29.3 Å². The number of hydrogen-bond acceptors (Lipinski definition) is 2. The number of nitrogens with zero attached hydrogens (tertiary/aromatic N) is 1. The number of benzene rings is 1. The number of hydrogen-bond donors (Lipinski definition) is 1. The van der Waals surface area contributed by atoms with Gasteiger partial charge in [0.1, 0.15) is 0 Å². The minimum atomic E-state index is 0.829. The van der Waals surface area contributed by atoms with Crippen LogP contribution in [0.1, 0.15) is 25.0 Å². The minimum absolute atomic E-state index is 0.829. The van der Waals surface area contributed by atoms with Crippen molar-refractivity contribution in [3.8, 4) is 0 Å². The van der Waals surface area contributed by atoms with Crippen LogP contribution in [0.15, 0.2) is 18.2 Å². The molecular formula is C14H22N2. The number of nitrogens with two attached hydrogens (primary N) is 1. The Morgan fingerprint density at radius 2 is 1.88 bits per heavy atom. The van der Waals surface area contributed by atoms with E-state index in [9.17, 15) is 0 Å². The van der Waals surface area contributed by atoms with E-state index < -0.39 is 0 Å². The summed E-state index contributed by atoms with van der Waals surface area (Å²) >= 11 is 0. The molecule has 0 radical (unpaired) electrons. The van der Waals surface area contributed by atoms with Crippen LogP contribution >= 0.6 is 0 Å². The second kappa shape index (κ2) is 4.46. The molecule has 16 heavy (non-hydrogen) atoms. The standard InChI is InChI=1S/C14H22N2/c1-10-6-13(4-5-14(10)15)9-16-7-11(2)12(3)8-16/h4-6,11-12H,7-9,15H2,1-3H3. The molecule has 1 heterocycles. The monoisotopic (exact) mass is 218 g/mol. The van der Waals surface area contributed by atoms with Gasteiger partial charge >= 0.3 is 0 Å². The van der Waals surface area contributed by atoms with E-state index in [1.165, 1.54) is 24.2 Å². The molecule has 1 fully saturated rings. The van der Waals surface area contributed by atoms with Crippen molar-refractivity contribution >= 4 is 5.69 Å². The number of aryl methyl sites for hydroxylation is 1. The minimum Gasteiger partial charge on any atom is -0.399 e. The van der Waals surface area contributed by atoms with Gasteiger partial charge in [0.15, 0.2) is 0 Å². The van der Waals surface area contributed by atoms with Crippen LogP contribution in [0.5, 0.6) is 0 Å². The fourth-order valence-corrected chi connectivity index (χ4v) is 2.47. The van der Waals surface area contributed by atoms with Crippen LogP contribution in [0.4, 0.5) is 5.69 Å². The maximum absolute atomic E-state index is 5.83. The van der Waals surface area contributed by atoms with E-state index in [1.54, 1.807) is 0 Å². The quantitative estimate of drug-likeness (QED) is 0.773. The lowest BCUT2D eigenvalue weighted by atomic mass is 10.0. The first-order chi connectivity index (χ1) is 7.56. The Labute approximate surface area is 98.4 Å². The number of nitrogen functional groups attached to an aromatic ring is 1. The predicted molar refractivity (Wildman–Crippen MR) is 69.2 cm³/mol. The molecule has 1 aromatic rings. The second-order valence-electron chi connectivity index (χ2n) is 5.34. The summed E-state index contributed by atoms with van der Waals surface area (Å²) in [6.07, 6.45) is 0. The molecule has 0 bridgehead atoms. The van der Waals surface area contributed by atoms with Crippen molar-refractivity contribution in [2.24, 2.45) is 11.8 Å². The molecule has 1 saturated heterocycles. The van der Waals surface area contributed by atoms with E-state index in [2.05, 4.69) is 37.8 Å². The van der Waals surface area contributed by atoms with Gasteiger partial charge in [0, 0.05) is 25.3 Å². The van der Waals surface area contributed by atoms with Gasteiger partial charge in [-0.3, -0.25) is 4.90 Å². The van der Waals surface area contributed by atoms with E-state index in [0.717, 1.165) is 24.1 Å². The summed E-state index contributed by atoms with van der Waals surface area (Å²) in [4.78, 5) is 2.54. The highest BCUT2D eigenvalue weighted by molar-refractivity contribution is 5.47. The maximum Gasteiger partial charge on any atom is 0.0343 e. The molecule has 2 N–H and O–H groups in total. The lowest BCUT2D eigenvalue weighted by Crippen LogP contribution is -2.20. The van der Waals surface area contributed by atoms with Gasteiger partial charge in [-0.15, -0.1) is 0 Å². The highest BCUT2D eigenvalue weighted by Gasteiger charge is 2.25. The molecule has 88 valence electrons. The van der Waals surface area contributed by atoms with Crippen molar-refractivity contribution in [2.75, 3.05) is 18.8 Å². The molecule has 2 nitrogen and oxygen atoms in total. The summed E-state index contributed by atoms with van der Waals surface area (Å²) in [6.45, 7) is 10.3. The molecule has 1 aliphatic heterocycles. The molecule has 2 atom stereocenters. The summed E-state index contributed by atoms with van der Waals surface area (Å²) in [5.74, 6) is 1.66. The lowest BCUT2D eigenvalue weighted by Gasteiger charge is -2.16. The van der Waals surface area contributed by atoms with Crippen molar-refractivity contribution in [2.45, 2.75) is 27.3 Å². The van der Waals surface area contributed by atoms with Crippen LogP contribution < -0.4 is 5.73 Å². The van der Waals surface area contributed by atoms with Crippen LogP contribution in [0, 0.1) is 18.8 Å². The first-order valence-corrected chi connectivity index (χ1v) is 6.13. The number of anilines is 1. The van der Waals surface area contributed by atoms with Crippen molar-refractivity contribution < 1.29 is 0 Å². The van der Waals surface area contributed by atoms with Crippen molar-refractivity contribution in [1.82, 2.24) is 4.90 Å². The average molecular weight is 218 g/mol. The first-order valence-electron chi connectivity index (χ1n) is 6.13. The van der Waals surface area contributed by atoms with Crippen LogP contribution in [0.25, 0.3) is 0 Å². The van der Waals surface area contributed by atoms with Crippen molar-refractivity contribution in [3.63, 3.8) is 0 Å². The van der Waals surface area contributed by atoms with E-state index in [1.807, 2.05) is 6.07 Å². The van der Waals surface area contributed by atoms with E-state index >= 15 is 0 Å². The van der Waals surface area contributed by atoms with Gasteiger partial charge in [-0.2, -0.15) is 0 Å². The zero-order valence-electron chi connectivity index (χ0n) is 10.5. The zero-order chi connectivity index (χ0) is 11.7. The SMILES string of the molecule is Cc1cc(CN2CC(C)C(C)C2)ccc1N. The fraction of sp³-hybridized carbons (Fsp3) is 0.571. The lowest BCUT2D eigenvalue weighted by molar-refractivity contribution is 0.316. The van der Waals surface area contributed by atoms with Gasteiger partial charge < -0.3 is 5.73 Å². The molecule has 0 spiro atoms. The zero-order valence-corrected chi connectivity index (χ0v) is 10.5. The smallest absolute Gasteiger partial charge is 0.0343 e. The second-order valence-corrected chi connectivity index (χ2v) is 5.34. The Morgan fingerprint density at radius 3 is 2.44 bits per heavy atom. The van der Waals surface area contributed by atoms with Gasteiger partial charge in [-0.1, -0.05) is 26.0 Å². The predicted octanol–water partition coefficient (Wildman–Crippen LogP) is 2.67. The molecule has 0 aliphatic carbocycles. The highest BCUT2D eigenvalue weighted by Crippen LogP contribution is 2.24. The third-order valence-corrected chi connectivity index (χ3v) is 3.80. The van der Waals surface area contributed by atoms with E-state index in [4.69, 9.17) is 5.73 Å². The average Bonchev–Trinajstić information content (AvgIpc) is 2.52. The van der Waals surface area contributed by atoms with Gasteiger partial charge in [0.2, 0.25) is 0 Å². The molecule has 1 aromatic carbocycles. The first kappa shape index (κ1) is 11.5. The summed E-state index contributed by atoms with van der Waals surface area (Å²) < 4.78 is 0. The number of likely N-dealkylation sites (tertiary alicyclic amines) is 1. The largest absolute Gasteiger partial charge is 0.399 e. The van der Waals surface area contributed by atoms with Gasteiger partial charge in [0.05, 0.1) is 0 Å². The van der Waals surface area contributed by atoms with Gasteiger partial charge in [-0.05, 0) is 36.0 Å². The molecule has 2 unspecified atom stereocenters. The molecule has 2 rings (SSSR count). The normalized spacial score (nSPS) is 26.2. The highest BCUT2D eigenvalue weighted by atomic mass is 15.1. The van der Waals surface area contributed by atoms with Crippen LogP contribution in [-0.4, -0.2) is 18.0 Å². The Kier molecular flexibility index (Phi) is 3.20. The summed E-state index contributed by atoms with van der Waals surface area (Å²) in [5, 5.41) is 0. The Bertz CT molecular complexity index is 363. The fourth-order valence-electron chi connectivity index (χ4n) is 2.47. The van der Waals surface area contributed by atoms with Crippen LogP contribution in [0.3, 0.4) is 0 Å². The van der Waals surface area contributed by atoms with Gasteiger partial charge in [0.25, 0.3) is 0 Å². The molecule has 2 heteroatoms. The molecule has 0 aromatic heterocycles. The van der Waals surface area contributed by atoms with Gasteiger partial charge in [-0.25, -0.2) is 0 Å². The third kappa shape index (κ3) is 2.38. The summed E-state index contributed by atoms with van der Waals surface area (Å²) in [6, 6.07) is 6.38. The van der Waals surface area contributed by atoms with Crippen LogP contribution in [0.2, 0.25) is 0 Å². The van der Waals surface area contributed by atoms with Crippen molar-refractivity contribution in [3.05, 3.63) is 29.3 Å². The van der Waals surface area contributed by atoms with Crippen LogP contribution in [-0.2, 0) is 6.54 Å². The molecular weight excluding hydrogens is 196 g/mol. The molecule has 1 aliphatic rings. The Morgan fingerprint density at radius 1 is 1.25 bits per heavy atom. The maximum atomic E-state index is 5.83. The van der Waals surface area contributed by atoms with E-state index in [-0.39, 0.29) is 0 Å². The number of rotatable bonds is 2. The summed E-state index contributed by atoms with van der Waals surface area (Å²) in [7, 11) is 0. The van der Waals surface area contributed by atoms with E-state index in [0.29, 0.717) is 0 Å². The molecule has 0 saturated carbocycles. The Balaban J connectivity index is 2.02. The summed E-state index contributed by atoms with van der Waals surface area (Å²) in [5.41, 5.74) is 9.30. The molecule has 0 amide bonds. The Hall–Kier alpha value is -1.02. The third-order valence-electron chi connectivity index (χ3n) is 3.80.